The molecule has 1 aromatic carbocycles. The molecule has 0 aliphatic carbocycles. The van der Waals surface area contributed by atoms with Crippen LogP contribution in [0.2, 0.25) is 0 Å². The van der Waals surface area contributed by atoms with E-state index in [1.807, 2.05) is 27.7 Å². The van der Waals surface area contributed by atoms with Gasteiger partial charge in [-0.2, -0.15) is 0 Å². The van der Waals surface area contributed by atoms with Crippen molar-refractivity contribution in [3.05, 3.63) is 23.8 Å². The summed E-state index contributed by atoms with van der Waals surface area (Å²) in [6, 6.07) is 5.27. The molecular weight excluding hydrogens is 400 g/mol. The molecule has 1 amide bonds. The largest absolute Gasteiger partial charge is 0.497 e. The molecule has 1 aromatic rings. The first-order chi connectivity index (χ1) is 14.7. The van der Waals surface area contributed by atoms with Crippen LogP contribution in [0, 0.1) is 0 Å². The van der Waals surface area contributed by atoms with Gasteiger partial charge in [-0.3, -0.25) is 4.99 Å². The second-order valence-corrected chi connectivity index (χ2v) is 8.40. The third-order valence-electron chi connectivity index (χ3n) is 4.75. The average molecular weight is 437 g/mol. The van der Waals surface area contributed by atoms with Crippen LogP contribution in [0.4, 0.5) is 4.79 Å². The Kier molecular flexibility index (Phi) is 8.79. The summed E-state index contributed by atoms with van der Waals surface area (Å²) in [7, 11) is 3.14. The maximum absolute atomic E-state index is 12.0. The van der Waals surface area contributed by atoms with E-state index < -0.39 is 17.8 Å². The summed E-state index contributed by atoms with van der Waals surface area (Å²) in [6.45, 7) is 9.72. The summed E-state index contributed by atoms with van der Waals surface area (Å²) in [4.78, 5) is 18.7. The van der Waals surface area contributed by atoms with Crippen molar-refractivity contribution in [3.63, 3.8) is 0 Å². The van der Waals surface area contributed by atoms with Gasteiger partial charge in [0.15, 0.2) is 5.96 Å². The number of aliphatic imine (C=N–C) groups is 1. The number of hydrogen-bond acceptors (Lipinski definition) is 6. The van der Waals surface area contributed by atoms with E-state index in [0.717, 1.165) is 13.0 Å². The number of hydrogen-bond donors (Lipinski definition) is 3. The summed E-state index contributed by atoms with van der Waals surface area (Å²) < 4.78 is 16.0. The molecule has 2 atom stereocenters. The van der Waals surface area contributed by atoms with Gasteiger partial charge in [0.2, 0.25) is 0 Å². The molecule has 1 fully saturated rings. The highest BCUT2D eigenvalue weighted by atomic mass is 16.6. The Morgan fingerprint density at radius 1 is 1.32 bits per heavy atom. The number of ether oxygens (including phenoxy) is 3. The van der Waals surface area contributed by atoms with Crippen molar-refractivity contribution in [2.24, 2.45) is 4.99 Å². The van der Waals surface area contributed by atoms with Crippen molar-refractivity contribution >= 4 is 12.1 Å². The van der Waals surface area contributed by atoms with Crippen LogP contribution < -0.4 is 20.1 Å². The maximum Gasteiger partial charge on any atom is 0.407 e. The molecule has 174 valence electrons. The van der Waals surface area contributed by atoms with Gasteiger partial charge < -0.3 is 34.9 Å². The number of benzene rings is 1. The molecule has 0 aromatic heterocycles. The second-order valence-electron chi connectivity index (χ2n) is 8.40. The van der Waals surface area contributed by atoms with Crippen LogP contribution in [0.15, 0.2) is 23.2 Å². The zero-order valence-electron chi connectivity index (χ0n) is 19.4. The van der Waals surface area contributed by atoms with Crippen LogP contribution in [-0.4, -0.2) is 74.1 Å². The number of carbonyl (C=O) groups is 1. The average Bonchev–Trinajstić information content (AvgIpc) is 3.16. The standard InChI is InChI=1S/C22H36N4O5/c1-7-23-20(26-11-10-15(14-26)25-21(28)31-22(2,3)4)24-13-18(27)17-12-16(29-5)8-9-19(17)30-6/h8-9,12,15,18,27H,7,10-11,13-14H2,1-6H3,(H,23,24)(H,25,28). The van der Waals surface area contributed by atoms with Crippen LogP contribution in [-0.2, 0) is 4.74 Å². The van der Waals surface area contributed by atoms with Gasteiger partial charge >= 0.3 is 6.09 Å². The number of methoxy groups -OCH3 is 2. The van der Waals surface area contributed by atoms with Gasteiger partial charge in [-0.05, 0) is 52.3 Å². The molecule has 1 aliphatic heterocycles. The van der Waals surface area contributed by atoms with E-state index in [0.29, 0.717) is 36.1 Å². The molecule has 2 rings (SSSR count). The van der Waals surface area contributed by atoms with E-state index in [2.05, 4.69) is 20.5 Å². The number of nitrogens with one attached hydrogen (secondary N) is 2. The summed E-state index contributed by atoms with van der Waals surface area (Å²) in [5.41, 5.74) is 0.0862. The number of carbonyl (C=O) groups excluding carboxylic acids is 1. The molecule has 1 aliphatic rings. The van der Waals surface area contributed by atoms with Crippen molar-refractivity contribution < 1.29 is 24.1 Å². The highest BCUT2D eigenvalue weighted by molar-refractivity contribution is 5.80. The molecular formula is C22H36N4O5. The van der Waals surface area contributed by atoms with Gasteiger partial charge in [0, 0.05) is 25.2 Å². The zero-order valence-corrected chi connectivity index (χ0v) is 19.4. The Bertz CT molecular complexity index is 763. The number of aliphatic hydroxyl groups excluding tert-OH is 1. The van der Waals surface area contributed by atoms with E-state index in [-0.39, 0.29) is 12.6 Å². The first-order valence-corrected chi connectivity index (χ1v) is 10.6. The number of alkyl carbamates (subject to hydrolysis) is 1. The third-order valence-corrected chi connectivity index (χ3v) is 4.75. The van der Waals surface area contributed by atoms with Crippen molar-refractivity contribution in [2.75, 3.05) is 40.4 Å². The van der Waals surface area contributed by atoms with Gasteiger partial charge in [-0.25, -0.2) is 4.79 Å². The van der Waals surface area contributed by atoms with Gasteiger partial charge in [0.1, 0.15) is 23.2 Å². The molecule has 0 radical (unpaired) electrons. The first-order valence-electron chi connectivity index (χ1n) is 10.6. The molecule has 31 heavy (non-hydrogen) atoms. The highest BCUT2D eigenvalue weighted by Gasteiger charge is 2.28. The lowest BCUT2D eigenvalue weighted by molar-refractivity contribution is 0.0507. The van der Waals surface area contributed by atoms with Gasteiger partial charge in [0.05, 0.1) is 26.8 Å². The fraction of sp³-hybridized carbons (Fsp3) is 0.636. The lowest BCUT2D eigenvalue weighted by Crippen LogP contribution is -2.44. The van der Waals surface area contributed by atoms with Gasteiger partial charge in [-0.1, -0.05) is 0 Å². The number of nitrogens with zero attached hydrogens (tertiary/aromatic N) is 2. The molecule has 0 saturated carbocycles. The minimum absolute atomic E-state index is 0.0258. The Labute approximate surface area is 184 Å². The predicted octanol–water partition coefficient (Wildman–Crippen LogP) is 2.30. The van der Waals surface area contributed by atoms with Crippen molar-refractivity contribution in [2.45, 2.75) is 51.9 Å². The molecule has 1 heterocycles. The molecule has 9 nitrogen and oxygen atoms in total. The fourth-order valence-corrected chi connectivity index (χ4v) is 3.34. The quantitative estimate of drug-likeness (QED) is 0.445. The Balaban J connectivity index is 2.03. The monoisotopic (exact) mass is 436 g/mol. The highest BCUT2D eigenvalue weighted by Crippen LogP contribution is 2.29. The summed E-state index contributed by atoms with van der Waals surface area (Å²) >= 11 is 0. The van der Waals surface area contributed by atoms with Crippen LogP contribution in [0.25, 0.3) is 0 Å². The summed E-state index contributed by atoms with van der Waals surface area (Å²) in [6.07, 6.45) is -0.477. The fourth-order valence-electron chi connectivity index (χ4n) is 3.34. The normalized spacial score (nSPS) is 17.8. The zero-order chi connectivity index (χ0) is 23.0. The van der Waals surface area contributed by atoms with Crippen LogP contribution >= 0.6 is 0 Å². The molecule has 9 heteroatoms. The molecule has 0 spiro atoms. The second kappa shape index (κ2) is 11.1. The van der Waals surface area contributed by atoms with E-state index >= 15 is 0 Å². The van der Waals surface area contributed by atoms with Crippen molar-refractivity contribution in [1.82, 2.24) is 15.5 Å². The maximum atomic E-state index is 12.0. The lowest BCUT2D eigenvalue weighted by atomic mass is 10.1. The molecule has 0 bridgehead atoms. The Morgan fingerprint density at radius 2 is 2.06 bits per heavy atom. The van der Waals surface area contributed by atoms with Gasteiger partial charge in [0.25, 0.3) is 0 Å². The minimum atomic E-state index is -0.850. The minimum Gasteiger partial charge on any atom is -0.497 e. The lowest BCUT2D eigenvalue weighted by Gasteiger charge is -2.24. The SMILES string of the molecule is CCNC(=NCC(O)c1cc(OC)ccc1OC)N1CCC(NC(=O)OC(C)(C)C)C1. The van der Waals surface area contributed by atoms with Crippen molar-refractivity contribution in [1.29, 1.82) is 0 Å². The van der Waals surface area contributed by atoms with Crippen molar-refractivity contribution in [3.8, 4) is 11.5 Å². The Morgan fingerprint density at radius 3 is 2.68 bits per heavy atom. The number of aliphatic hydroxyl groups is 1. The molecule has 2 unspecified atom stereocenters. The molecule has 1 saturated heterocycles. The van der Waals surface area contributed by atoms with E-state index in [4.69, 9.17) is 14.2 Å². The van der Waals surface area contributed by atoms with Crippen LogP contribution in [0.1, 0.15) is 45.8 Å². The van der Waals surface area contributed by atoms with Gasteiger partial charge in [-0.15, -0.1) is 0 Å². The number of amides is 1. The third kappa shape index (κ3) is 7.50. The summed E-state index contributed by atoms with van der Waals surface area (Å²) in [5, 5.41) is 16.9. The topological polar surface area (TPSA) is 105 Å². The summed E-state index contributed by atoms with van der Waals surface area (Å²) in [5.74, 6) is 1.91. The number of likely N-dealkylation sites (tertiary alicyclic amines) is 1. The van der Waals surface area contributed by atoms with E-state index in [1.165, 1.54) is 0 Å². The van der Waals surface area contributed by atoms with Crippen LogP contribution in [0.3, 0.4) is 0 Å². The number of guanidine groups is 1. The number of rotatable bonds is 7. The van der Waals surface area contributed by atoms with Crippen LogP contribution in [0.5, 0.6) is 11.5 Å². The van der Waals surface area contributed by atoms with E-state index in [1.54, 1.807) is 32.4 Å². The smallest absolute Gasteiger partial charge is 0.407 e. The first kappa shape index (κ1) is 24.6. The van der Waals surface area contributed by atoms with E-state index in [9.17, 15) is 9.90 Å². The molecule has 3 N–H and O–H groups in total. The predicted molar refractivity (Wildman–Crippen MR) is 120 cm³/mol. The Hall–Kier alpha value is -2.68.